The number of amides is 1. The summed E-state index contributed by atoms with van der Waals surface area (Å²) in [7, 11) is 1.56. The van der Waals surface area contributed by atoms with Crippen molar-refractivity contribution in [1.82, 2.24) is 0 Å². The summed E-state index contributed by atoms with van der Waals surface area (Å²) in [6, 6.07) is 3.55. The first kappa shape index (κ1) is 16.6. The Kier molecular flexibility index (Phi) is 4.96. The number of methoxy groups -OCH3 is 1. The lowest BCUT2D eigenvalue weighted by Crippen LogP contribution is -2.49. The van der Waals surface area contributed by atoms with Crippen LogP contribution in [0.2, 0.25) is 0 Å². The number of hydrogen-bond acceptors (Lipinski definition) is 4. The van der Waals surface area contributed by atoms with E-state index in [4.69, 9.17) is 9.47 Å². The fraction of sp³-hybridized carbons (Fsp3) is 0.588. The molecule has 0 aliphatic carbocycles. The Bertz CT molecular complexity index is 554. The minimum atomic E-state index is -0.514. The standard InChI is InChI=1S/C17H25NO4/c1-10(2)8-18-13-6-12(9-19)7-14(21-5)16(13)22-15(11(3)4)17(18)20/h6-7,10-11,15,19H,8-9H2,1-5H3. The molecule has 122 valence electrons. The van der Waals surface area contributed by atoms with Gasteiger partial charge in [-0.15, -0.1) is 0 Å². The third kappa shape index (κ3) is 3.04. The number of benzene rings is 1. The molecule has 0 saturated carbocycles. The van der Waals surface area contributed by atoms with Crippen molar-refractivity contribution in [2.45, 2.75) is 40.4 Å². The second-order valence-corrected chi connectivity index (χ2v) is 6.43. The Morgan fingerprint density at radius 3 is 2.50 bits per heavy atom. The van der Waals surface area contributed by atoms with Gasteiger partial charge in [0.2, 0.25) is 0 Å². The van der Waals surface area contributed by atoms with E-state index in [0.29, 0.717) is 35.2 Å². The van der Waals surface area contributed by atoms with Gasteiger partial charge in [0.15, 0.2) is 17.6 Å². The third-order valence-corrected chi connectivity index (χ3v) is 3.70. The molecular formula is C17H25NO4. The van der Waals surface area contributed by atoms with Gasteiger partial charge in [0.25, 0.3) is 5.91 Å². The first-order chi connectivity index (χ1) is 10.4. The van der Waals surface area contributed by atoms with Crippen molar-refractivity contribution >= 4 is 11.6 Å². The van der Waals surface area contributed by atoms with E-state index in [1.54, 1.807) is 24.1 Å². The Labute approximate surface area is 131 Å². The Morgan fingerprint density at radius 1 is 1.32 bits per heavy atom. The maximum atomic E-state index is 12.8. The molecule has 2 rings (SSSR count). The minimum Gasteiger partial charge on any atom is -0.493 e. The maximum Gasteiger partial charge on any atom is 0.268 e. The van der Waals surface area contributed by atoms with Gasteiger partial charge in [0.05, 0.1) is 19.4 Å². The van der Waals surface area contributed by atoms with E-state index in [2.05, 4.69) is 13.8 Å². The molecule has 0 saturated heterocycles. The van der Waals surface area contributed by atoms with Crippen molar-refractivity contribution in [3.8, 4) is 11.5 Å². The fourth-order valence-corrected chi connectivity index (χ4v) is 2.63. The van der Waals surface area contributed by atoms with Crippen LogP contribution in [-0.4, -0.2) is 30.8 Å². The predicted molar refractivity (Wildman–Crippen MR) is 85.4 cm³/mol. The SMILES string of the molecule is COc1cc(CO)cc2c1OC(C(C)C)C(=O)N2CC(C)C. The molecule has 0 radical (unpaired) electrons. The molecule has 1 aromatic rings. The van der Waals surface area contributed by atoms with Crippen molar-refractivity contribution in [3.05, 3.63) is 17.7 Å². The summed E-state index contributed by atoms with van der Waals surface area (Å²) in [6.07, 6.45) is -0.514. The molecule has 0 aromatic heterocycles. The molecule has 1 aliphatic heterocycles. The molecule has 0 bridgehead atoms. The average molecular weight is 307 g/mol. The molecule has 0 spiro atoms. The van der Waals surface area contributed by atoms with Gasteiger partial charge in [0, 0.05) is 6.54 Å². The zero-order valence-electron chi connectivity index (χ0n) is 13.9. The number of fused-ring (bicyclic) bond motifs is 1. The lowest BCUT2D eigenvalue weighted by Gasteiger charge is -2.37. The van der Waals surface area contributed by atoms with Crippen LogP contribution in [0, 0.1) is 11.8 Å². The van der Waals surface area contributed by atoms with E-state index in [-0.39, 0.29) is 18.4 Å². The number of hydrogen-bond donors (Lipinski definition) is 1. The smallest absolute Gasteiger partial charge is 0.268 e. The van der Waals surface area contributed by atoms with Crippen LogP contribution in [0.15, 0.2) is 12.1 Å². The molecule has 1 heterocycles. The lowest BCUT2D eigenvalue weighted by molar-refractivity contribution is -0.128. The van der Waals surface area contributed by atoms with Gasteiger partial charge < -0.3 is 19.5 Å². The van der Waals surface area contributed by atoms with Gasteiger partial charge in [-0.05, 0) is 29.5 Å². The maximum absolute atomic E-state index is 12.8. The molecule has 1 aromatic carbocycles. The van der Waals surface area contributed by atoms with E-state index in [1.165, 1.54) is 0 Å². The van der Waals surface area contributed by atoms with Crippen LogP contribution in [0.4, 0.5) is 5.69 Å². The molecule has 1 N–H and O–H groups in total. The highest BCUT2D eigenvalue weighted by Gasteiger charge is 2.38. The number of aliphatic hydroxyl groups is 1. The van der Waals surface area contributed by atoms with Crippen LogP contribution < -0.4 is 14.4 Å². The van der Waals surface area contributed by atoms with Crippen LogP contribution >= 0.6 is 0 Å². The Hall–Kier alpha value is -1.75. The molecule has 0 fully saturated rings. The number of carbonyl (C=O) groups excluding carboxylic acids is 1. The molecular weight excluding hydrogens is 282 g/mol. The molecule has 5 nitrogen and oxygen atoms in total. The highest BCUT2D eigenvalue weighted by Crippen LogP contribution is 2.44. The van der Waals surface area contributed by atoms with Crippen LogP contribution in [0.25, 0.3) is 0 Å². The van der Waals surface area contributed by atoms with Gasteiger partial charge in [-0.25, -0.2) is 0 Å². The highest BCUT2D eigenvalue weighted by atomic mass is 16.5. The summed E-state index contributed by atoms with van der Waals surface area (Å²) < 4.78 is 11.3. The van der Waals surface area contributed by atoms with Crippen molar-refractivity contribution < 1.29 is 19.4 Å². The first-order valence-electron chi connectivity index (χ1n) is 7.68. The lowest BCUT2D eigenvalue weighted by atomic mass is 10.0. The van der Waals surface area contributed by atoms with Crippen LogP contribution in [-0.2, 0) is 11.4 Å². The van der Waals surface area contributed by atoms with Gasteiger partial charge in [-0.2, -0.15) is 0 Å². The summed E-state index contributed by atoms with van der Waals surface area (Å²) in [5.41, 5.74) is 1.38. The molecule has 5 heteroatoms. The van der Waals surface area contributed by atoms with Crippen molar-refractivity contribution in [3.63, 3.8) is 0 Å². The monoisotopic (exact) mass is 307 g/mol. The van der Waals surface area contributed by atoms with Gasteiger partial charge in [-0.3, -0.25) is 4.79 Å². The van der Waals surface area contributed by atoms with Crippen LogP contribution in [0.1, 0.15) is 33.3 Å². The van der Waals surface area contributed by atoms with Gasteiger partial charge >= 0.3 is 0 Å². The second kappa shape index (κ2) is 6.57. The average Bonchev–Trinajstić information content (AvgIpc) is 2.47. The van der Waals surface area contributed by atoms with E-state index in [9.17, 15) is 9.90 Å². The molecule has 1 aliphatic rings. The summed E-state index contributed by atoms with van der Waals surface area (Å²) in [5.74, 6) is 1.49. The summed E-state index contributed by atoms with van der Waals surface area (Å²) in [6.45, 7) is 8.57. The predicted octanol–water partition coefficient (Wildman–Crippen LogP) is 2.59. The number of carbonyl (C=O) groups is 1. The Morgan fingerprint density at radius 2 is 2.00 bits per heavy atom. The summed E-state index contributed by atoms with van der Waals surface area (Å²) in [4.78, 5) is 14.5. The van der Waals surface area contributed by atoms with Gasteiger partial charge in [0.1, 0.15) is 0 Å². The number of ether oxygens (including phenoxy) is 2. The summed E-state index contributed by atoms with van der Waals surface area (Å²) in [5, 5.41) is 9.43. The van der Waals surface area contributed by atoms with E-state index < -0.39 is 6.10 Å². The highest BCUT2D eigenvalue weighted by molar-refractivity contribution is 6.01. The number of anilines is 1. The fourth-order valence-electron chi connectivity index (χ4n) is 2.63. The number of aliphatic hydroxyl groups excluding tert-OH is 1. The van der Waals surface area contributed by atoms with Crippen LogP contribution in [0.5, 0.6) is 11.5 Å². The second-order valence-electron chi connectivity index (χ2n) is 6.43. The zero-order chi connectivity index (χ0) is 16.4. The van der Waals surface area contributed by atoms with Crippen LogP contribution in [0.3, 0.4) is 0 Å². The van der Waals surface area contributed by atoms with E-state index in [0.717, 1.165) is 0 Å². The topological polar surface area (TPSA) is 59.0 Å². The number of rotatable bonds is 5. The third-order valence-electron chi connectivity index (χ3n) is 3.70. The molecule has 22 heavy (non-hydrogen) atoms. The molecule has 1 atom stereocenters. The van der Waals surface area contributed by atoms with Crippen molar-refractivity contribution in [2.24, 2.45) is 11.8 Å². The zero-order valence-corrected chi connectivity index (χ0v) is 13.9. The largest absolute Gasteiger partial charge is 0.493 e. The molecule has 1 amide bonds. The quantitative estimate of drug-likeness (QED) is 0.908. The van der Waals surface area contributed by atoms with E-state index >= 15 is 0 Å². The molecule has 1 unspecified atom stereocenters. The summed E-state index contributed by atoms with van der Waals surface area (Å²) >= 11 is 0. The van der Waals surface area contributed by atoms with Crippen molar-refractivity contribution in [2.75, 3.05) is 18.6 Å². The minimum absolute atomic E-state index is 0.0339. The Balaban J connectivity index is 2.57. The van der Waals surface area contributed by atoms with Crippen molar-refractivity contribution in [1.29, 1.82) is 0 Å². The normalized spacial score (nSPS) is 17.7. The van der Waals surface area contributed by atoms with Gasteiger partial charge in [-0.1, -0.05) is 27.7 Å². The first-order valence-corrected chi connectivity index (χ1v) is 7.68. The number of nitrogens with zero attached hydrogens (tertiary/aromatic N) is 1. The van der Waals surface area contributed by atoms with E-state index in [1.807, 2.05) is 13.8 Å².